The number of hydrogen-bond donors (Lipinski definition) is 0. The third-order valence-corrected chi connectivity index (χ3v) is 12.0. The maximum Gasteiger partial charge on any atom is 0.306 e. The van der Waals surface area contributed by atoms with E-state index in [1.807, 2.05) is 0 Å². The fraction of sp³-hybridized carbons (Fsp3) is 0.943. The molecule has 0 rings (SSSR count). The predicted molar refractivity (Wildman–Crippen MR) is 252 cm³/mol. The number of esters is 3. The van der Waals surface area contributed by atoms with Gasteiger partial charge in [0.1, 0.15) is 13.2 Å². The van der Waals surface area contributed by atoms with E-state index in [0.717, 1.165) is 69.6 Å². The summed E-state index contributed by atoms with van der Waals surface area (Å²) in [7, 11) is 0. The normalized spacial score (nSPS) is 12.1. The molecular formula is C53H102O6. The van der Waals surface area contributed by atoms with Crippen LogP contribution in [0.25, 0.3) is 0 Å². The largest absolute Gasteiger partial charge is 0.462 e. The molecular weight excluding hydrogens is 733 g/mol. The highest BCUT2D eigenvalue weighted by Gasteiger charge is 2.19. The zero-order valence-corrected chi connectivity index (χ0v) is 40.4. The summed E-state index contributed by atoms with van der Waals surface area (Å²) < 4.78 is 16.8. The van der Waals surface area contributed by atoms with E-state index in [2.05, 4.69) is 34.6 Å². The third-order valence-electron chi connectivity index (χ3n) is 12.0. The summed E-state index contributed by atoms with van der Waals surface area (Å²) >= 11 is 0. The first-order chi connectivity index (χ1) is 28.7. The Kier molecular flexibility index (Phi) is 44.7. The average molecular weight is 835 g/mol. The minimum absolute atomic E-state index is 0.0642. The maximum absolute atomic E-state index is 12.8. The molecule has 6 heteroatoms. The SMILES string of the molecule is CCCCCCCCCCCCCCCCC(=O)O[C@H](COC(=O)CCCCCCCCCCCCCCCCCC(C)C)COC(=O)CCCCCCCCC(C)C. The lowest BCUT2D eigenvalue weighted by Crippen LogP contribution is -2.30. The van der Waals surface area contributed by atoms with E-state index in [-0.39, 0.29) is 31.1 Å². The molecule has 0 aliphatic rings. The number of rotatable bonds is 47. The van der Waals surface area contributed by atoms with Gasteiger partial charge < -0.3 is 14.2 Å². The molecule has 0 aromatic rings. The second kappa shape index (κ2) is 45.9. The molecule has 0 saturated heterocycles. The van der Waals surface area contributed by atoms with E-state index in [4.69, 9.17) is 14.2 Å². The molecule has 350 valence electrons. The zero-order chi connectivity index (χ0) is 43.3. The van der Waals surface area contributed by atoms with E-state index in [0.29, 0.717) is 19.3 Å². The van der Waals surface area contributed by atoms with Crippen LogP contribution in [0, 0.1) is 11.8 Å². The topological polar surface area (TPSA) is 78.9 Å². The molecule has 0 amide bonds. The Morgan fingerprint density at radius 3 is 0.831 bits per heavy atom. The third kappa shape index (κ3) is 47.3. The van der Waals surface area contributed by atoms with E-state index >= 15 is 0 Å². The van der Waals surface area contributed by atoms with Gasteiger partial charge in [-0.15, -0.1) is 0 Å². The number of carbonyl (C=O) groups is 3. The van der Waals surface area contributed by atoms with Gasteiger partial charge in [0.2, 0.25) is 0 Å². The minimum Gasteiger partial charge on any atom is -0.462 e. The van der Waals surface area contributed by atoms with Crippen LogP contribution in [0.4, 0.5) is 0 Å². The molecule has 0 aliphatic carbocycles. The first kappa shape index (κ1) is 57.4. The summed E-state index contributed by atoms with van der Waals surface area (Å²) in [6.07, 6.45) is 46.7. The fourth-order valence-electron chi connectivity index (χ4n) is 7.99. The van der Waals surface area contributed by atoms with Crippen molar-refractivity contribution in [3.8, 4) is 0 Å². The Morgan fingerprint density at radius 1 is 0.322 bits per heavy atom. The minimum atomic E-state index is -0.762. The molecule has 0 aliphatic heterocycles. The lowest BCUT2D eigenvalue weighted by molar-refractivity contribution is -0.167. The van der Waals surface area contributed by atoms with Crippen molar-refractivity contribution in [2.75, 3.05) is 13.2 Å². The van der Waals surface area contributed by atoms with Crippen LogP contribution in [0.2, 0.25) is 0 Å². The van der Waals surface area contributed by atoms with Gasteiger partial charge in [-0.2, -0.15) is 0 Å². The van der Waals surface area contributed by atoms with Crippen molar-refractivity contribution in [3.63, 3.8) is 0 Å². The average Bonchev–Trinajstić information content (AvgIpc) is 3.20. The summed E-state index contributed by atoms with van der Waals surface area (Å²) in [5.74, 6) is 0.761. The van der Waals surface area contributed by atoms with E-state index in [9.17, 15) is 14.4 Å². The van der Waals surface area contributed by atoms with Crippen LogP contribution in [0.1, 0.15) is 291 Å². The van der Waals surface area contributed by atoms with Crippen molar-refractivity contribution in [2.24, 2.45) is 11.8 Å². The van der Waals surface area contributed by atoms with Crippen LogP contribution in [-0.4, -0.2) is 37.2 Å². The van der Waals surface area contributed by atoms with Crippen LogP contribution in [0.3, 0.4) is 0 Å². The summed E-state index contributed by atoms with van der Waals surface area (Å²) in [6, 6.07) is 0. The molecule has 0 fully saturated rings. The summed E-state index contributed by atoms with van der Waals surface area (Å²) in [5, 5.41) is 0. The van der Waals surface area contributed by atoms with Crippen molar-refractivity contribution < 1.29 is 28.6 Å². The molecule has 0 saturated carbocycles. The highest BCUT2D eigenvalue weighted by Crippen LogP contribution is 2.17. The van der Waals surface area contributed by atoms with Crippen molar-refractivity contribution >= 4 is 17.9 Å². The van der Waals surface area contributed by atoms with Crippen molar-refractivity contribution in [1.82, 2.24) is 0 Å². The first-order valence-corrected chi connectivity index (χ1v) is 26.2. The quantitative estimate of drug-likeness (QED) is 0.0345. The second-order valence-electron chi connectivity index (χ2n) is 19.1. The molecule has 0 radical (unpaired) electrons. The van der Waals surface area contributed by atoms with Gasteiger partial charge in [-0.25, -0.2) is 0 Å². The Labute approximate surface area is 368 Å². The van der Waals surface area contributed by atoms with Crippen molar-refractivity contribution in [1.29, 1.82) is 0 Å². The highest BCUT2D eigenvalue weighted by molar-refractivity contribution is 5.71. The molecule has 0 spiro atoms. The van der Waals surface area contributed by atoms with Gasteiger partial charge in [0.25, 0.3) is 0 Å². The molecule has 0 aromatic carbocycles. The van der Waals surface area contributed by atoms with E-state index < -0.39 is 6.10 Å². The summed E-state index contributed by atoms with van der Waals surface area (Å²) in [5.41, 5.74) is 0. The second-order valence-corrected chi connectivity index (χ2v) is 19.1. The standard InChI is InChI=1S/C53H102O6/c1-6-7-8-9-10-11-12-13-18-22-25-28-35-40-45-53(56)59-50(47-58-52(55)44-39-34-30-29-32-37-42-49(4)5)46-57-51(54)43-38-33-27-24-21-19-16-14-15-17-20-23-26-31-36-41-48(2)3/h48-50H,6-47H2,1-5H3/t50-/m1/s1. The fourth-order valence-corrected chi connectivity index (χ4v) is 7.99. The Morgan fingerprint density at radius 2 is 0.559 bits per heavy atom. The van der Waals surface area contributed by atoms with E-state index in [1.54, 1.807) is 0 Å². The monoisotopic (exact) mass is 835 g/mol. The van der Waals surface area contributed by atoms with Crippen molar-refractivity contribution in [2.45, 2.75) is 298 Å². The molecule has 0 unspecified atom stereocenters. The summed E-state index contributed by atoms with van der Waals surface area (Å²) in [6.45, 7) is 11.3. The molecule has 0 aromatic heterocycles. The molecule has 59 heavy (non-hydrogen) atoms. The van der Waals surface area contributed by atoms with Crippen LogP contribution in [0.5, 0.6) is 0 Å². The first-order valence-electron chi connectivity index (χ1n) is 26.2. The van der Waals surface area contributed by atoms with Crippen LogP contribution in [0.15, 0.2) is 0 Å². The Balaban J connectivity index is 4.24. The summed E-state index contributed by atoms with van der Waals surface area (Å²) in [4.78, 5) is 37.9. The van der Waals surface area contributed by atoms with Crippen LogP contribution in [-0.2, 0) is 28.6 Å². The van der Waals surface area contributed by atoms with Crippen LogP contribution < -0.4 is 0 Å². The molecule has 1 atom stereocenters. The number of hydrogen-bond acceptors (Lipinski definition) is 6. The lowest BCUT2D eigenvalue weighted by Gasteiger charge is -2.18. The molecule has 0 bridgehead atoms. The maximum atomic E-state index is 12.8. The molecule has 0 N–H and O–H groups in total. The predicted octanol–water partition coefficient (Wildman–Crippen LogP) is 16.9. The number of carbonyl (C=O) groups excluding carboxylic acids is 3. The zero-order valence-electron chi connectivity index (χ0n) is 40.4. The number of ether oxygens (including phenoxy) is 3. The van der Waals surface area contributed by atoms with Crippen LogP contribution >= 0.6 is 0 Å². The van der Waals surface area contributed by atoms with Crippen molar-refractivity contribution in [3.05, 3.63) is 0 Å². The van der Waals surface area contributed by atoms with Gasteiger partial charge in [0.15, 0.2) is 6.10 Å². The number of unbranched alkanes of at least 4 members (excludes halogenated alkanes) is 32. The molecule has 6 nitrogen and oxygen atoms in total. The smallest absolute Gasteiger partial charge is 0.306 e. The van der Waals surface area contributed by atoms with Gasteiger partial charge in [-0.3, -0.25) is 14.4 Å². The highest BCUT2D eigenvalue weighted by atomic mass is 16.6. The van der Waals surface area contributed by atoms with Gasteiger partial charge in [-0.05, 0) is 31.1 Å². The lowest BCUT2D eigenvalue weighted by atomic mass is 10.0. The van der Waals surface area contributed by atoms with Gasteiger partial charge in [0, 0.05) is 19.3 Å². The Hall–Kier alpha value is -1.59. The van der Waals surface area contributed by atoms with E-state index in [1.165, 1.54) is 180 Å². The van der Waals surface area contributed by atoms with Gasteiger partial charge in [0.05, 0.1) is 0 Å². The molecule has 0 heterocycles. The Bertz CT molecular complexity index is 900. The van der Waals surface area contributed by atoms with Gasteiger partial charge in [-0.1, -0.05) is 253 Å². The van der Waals surface area contributed by atoms with Gasteiger partial charge >= 0.3 is 17.9 Å².